The number of aliphatic imine (C=N–C) groups is 1. The summed E-state index contributed by atoms with van der Waals surface area (Å²) in [6.07, 6.45) is -0.318. The number of amides is 3. The Hall–Kier alpha value is -4.20. The first-order chi connectivity index (χ1) is 17.8. The number of nitrogens with zero attached hydrogens (tertiary/aromatic N) is 1. The molecule has 4 unspecified atom stereocenters. The smallest absolute Gasteiger partial charge is 0.326 e. The Labute approximate surface area is 220 Å². The van der Waals surface area contributed by atoms with Crippen molar-refractivity contribution < 1.29 is 34.2 Å². The largest absolute Gasteiger partial charge is 0.481 e. The molecule has 1 aromatic rings. The van der Waals surface area contributed by atoms with E-state index in [0.717, 1.165) is 0 Å². The molecule has 1 aromatic carbocycles. The van der Waals surface area contributed by atoms with Crippen LogP contribution in [0, 0.1) is 5.92 Å². The van der Waals surface area contributed by atoms with Gasteiger partial charge in [-0.2, -0.15) is 0 Å². The maximum Gasteiger partial charge on any atom is 0.326 e. The van der Waals surface area contributed by atoms with Gasteiger partial charge >= 0.3 is 11.9 Å². The van der Waals surface area contributed by atoms with E-state index >= 15 is 0 Å². The fourth-order valence-corrected chi connectivity index (χ4v) is 3.43. The molecule has 0 radical (unpaired) electrons. The second-order valence-corrected chi connectivity index (χ2v) is 9.03. The lowest BCUT2D eigenvalue weighted by Gasteiger charge is -2.26. The molecule has 0 spiro atoms. The third-order valence-corrected chi connectivity index (χ3v) is 5.46. The first-order valence-electron chi connectivity index (χ1n) is 12.0. The van der Waals surface area contributed by atoms with Crippen LogP contribution in [-0.4, -0.2) is 76.5 Å². The molecule has 210 valence electrons. The molecule has 0 fully saturated rings. The molecule has 11 N–H and O–H groups in total. The summed E-state index contributed by atoms with van der Waals surface area (Å²) in [5.74, 6) is -5.45. The Morgan fingerprint density at radius 1 is 0.895 bits per heavy atom. The van der Waals surface area contributed by atoms with E-state index in [1.807, 2.05) is 0 Å². The van der Waals surface area contributed by atoms with Gasteiger partial charge in [0.05, 0.1) is 12.5 Å². The van der Waals surface area contributed by atoms with Gasteiger partial charge < -0.3 is 43.4 Å². The van der Waals surface area contributed by atoms with Crippen molar-refractivity contribution in [3.05, 3.63) is 35.9 Å². The second kappa shape index (κ2) is 15.8. The van der Waals surface area contributed by atoms with E-state index in [2.05, 4.69) is 20.9 Å². The highest BCUT2D eigenvalue weighted by Gasteiger charge is 2.31. The number of hydrogen-bond acceptors (Lipinski definition) is 7. The lowest BCUT2D eigenvalue weighted by Crippen LogP contribution is -2.58. The van der Waals surface area contributed by atoms with Crippen molar-refractivity contribution in [2.75, 3.05) is 6.54 Å². The zero-order valence-electron chi connectivity index (χ0n) is 21.4. The molecule has 0 bridgehead atoms. The van der Waals surface area contributed by atoms with Gasteiger partial charge in [0.15, 0.2) is 5.96 Å². The van der Waals surface area contributed by atoms with Crippen LogP contribution in [0.5, 0.6) is 0 Å². The summed E-state index contributed by atoms with van der Waals surface area (Å²) in [6, 6.07) is 3.75. The number of aliphatic carboxylic acids is 2. The van der Waals surface area contributed by atoms with Crippen LogP contribution in [0.25, 0.3) is 0 Å². The number of benzene rings is 1. The molecule has 0 saturated carbocycles. The van der Waals surface area contributed by atoms with Crippen LogP contribution in [-0.2, 0) is 30.4 Å². The molecule has 14 nitrogen and oxygen atoms in total. The summed E-state index contributed by atoms with van der Waals surface area (Å²) in [5, 5.41) is 25.8. The Morgan fingerprint density at radius 3 is 2.00 bits per heavy atom. The summed E-state index contributed by atoms with van der Waals surface area (Å²) < 4.78 is 0. The van der Waals surface area contributed by atoms with Crippen molar-refractivity contribution in [1.29, 1.82) is 0 Å². The van der Waals surface area contributed by atoms with Crippen LogP contribution in [0.1, 0.15) is 38.7 Å². The van der Waals surface area contributed by atoms with E-state index in [-0.39, 0.29) is 31.8 Å². The van der Waals surface area contributed by atoms with Crippen molar-refractivity contribution in [3.63, 3.8) is 0 Å². The second-order valence-electron chi connectivity index (χ2n) is 9.03. The van der Waals surface area contributed by atoms with Gasteiger partial charge in [0, 0.05) is 13.0 Å². The average molecular weight is 536 g/mol. The predicted molar refractivity (Wildman–Crippen MR) is 139 cm³/mol. The maximum atomic E-state index is 13.2. The Morgan fingerprint density at radius 2 is 1.47 bits per heavy atom. The highest BCUT2D eigenvalue weighted by Crippen LogP contribution is 2.08. The SMILES string of the molecule is CC(C)C(NC(=O)C(Cc1ccccc1)NC(=O)C(CCCN=C(N)N)NC(=O)C(N)CC(=O)O)C(=O)O. The highest BCUT2D eigenvalue weighted by atomic mass is 16.4. The van der Waals surface area contributed by atoms with Gasteiger partial charge in [-0.3, -0.25) is 24.2 Å². The Balaban J connectivity index is 3.15. The molecular weight excluding hydrogens is 498 g/mol. The van der Waals surface area contributed by atoms with Gasteiger partial charge in [0.1, 0.15) is 18.1 Å². The average Bonchev–Trinajstić information content (AvgIpc) is 2.83. The number of hydrogen-bond donors (Lipinski definition) is 8. The number of guanidine groups is 1. The van der Waals surface area contributed by atoms with Crippen molar-refractivity contribution in [1.82, 2.24) is 16.0 Å². The summed E-state index contributed by atoms with van der Waals surface area (Å²) in [7, 11) is 0. The van der Waals surface area contributed by atoms with E-state index in [1.165, 1.54) is 0 Å². The van der Waals surface area contributed by atoms with Crippen LogP contribution in [0.15, 0.2) is 35.3 Å². The predicted octanol–water partition coefficient (Wildman–Crippen LogP) is -1.72. The molecule has 1 rings (SSSR count). The number of rotatable bonds is 16. The number of nitrogens with one attached hydrogen (secondary N) is 3. The first-order valence-corrected chi connectivity index (χ1v) is 12.0. The first kappa shape index (κ1) is 31.8. The molecule has 3 amide bonds. The third-order valence-electron chi connectivity index (χ3n) is 5.46. The van der Waals surface area contributed by atoms with E-state index in [0.29, 0.717) is 5.56 Å². The monoisotopic (exact) mass is 535 g/mol. The number of carbonyl (C=O) groups excluding carboxylic acids is 3. The molecule has 4 atom stereocenters. The van der Waals surface area contributed by atoms with Crippen LogP contribution in [0.2, 0.25) is 0 Å². The van der Waals surface area contributed by atoms with E-state index in [1.54, 1.807) is 44.2 Å². The molecule has 0 saturated heterocycles. The molecular formula is C24H37N7O7. The minimum Gasteiger partial charge on any atom is -0.481 e. The van der Waals surface area contributed by atoms with Crippen LogP contribution >= 0.6 is 0 Å². The van der Waals surface area contributed by atoms with E-state index < -0.39 is 66.2 Å². The summed E-state index contributed by atoms with van der Waals surface area (Å²) >= 11 is 0. The number of carboxylic acids is 2. The van der Waals surface area contributed by atoms with Crippen molar-refractivity contribution in [2.24, 2.45) is 28.1 Å². The third kappa shape index (κ3) is 11.7. The molecule has 38 heavy (non-hydrogen) atoms. The molecule has 14 heteroatoms. The van der Waals surface area contributed by atoms with E-state index in [9.17, 15) is 29.1 Å². The minimum atomic E-state index is -1.41. The molecule has 0 aliphatic heterocycles. The molecule has 0 heterocycles. The van der Waals surface area contributed by atoms with Gasteiger partial charge in [0.25, 0.3) is 0 Å². The Kier molecular flexibility index (Phi) is 13.2. The number of carbonyl (C=O) groups is 5. The fourth-order valence-electron chi connectivity index (χ4n) is 3.43. The standard InChI is InChI=1S/C24H37N7O7/c1-13(2)19(23(37)38)31-22(36)17(11-14-7-4-3-5-8-14)30-21(35)16(9-6-10-28-24(26)27)29-20(34)15(25)12-18(32)33/h3-5,7-8,13,15-17,19H,6,9-12,25H2,1-2H3,(H,29,34)(H,30,35)(H,31,36)(H,32,33)(H,37,38)(H4,26,27,28). The zero-order valence-corrected chi connectivity index (χ0v) is 21.4. The van der Waals surface area contributed by atoms with Gasteiger partial charge in [-0.05, 0) is 24.3 Å². The normalized spacial score (nSPS) is 13.9. The van der Waals surface area contributed by atoms with Crippen molar-refractivity contribution in [3.8, 4) is 0 Å². The quantitative estimate of drug-likeness (QED) is 0.0675. The number of carboxylic acid groups (broad SMARTS) is 2. The lowest BCUT2D eigenvalue weighted by molar-refractivity contribution is -0.143. The maximum absolute atomic E-state index is 13.2. The topological polar surface area (TPSA) is 252 Å². The van der Waals surface area contributed by atoms with Gasteiger partial charge in [-0.1, -0.05) is 44.2 Å². The van der Waals surface area contributed by atoms with Crippen LogP contribution < -0.4 is 33.2 Å². The summed E-state index contributed by atoms with van der Waals surface area (Å²) in [5.41, 5.74) is 16.9. The van der Waals surface area contributed by atoms with Crippen LogP contribution in [0.4, 0.5) is 0 Å². The highest BCUT2D eigenvalue weighted by molar-refractivity contribution is 5.94. The number of nitrogens with two attached hydrogens (primary N) is 3. The van der Waals surface area contributed by atoms with Gasteiger partial charge in [0.2, 0.25) is 17.7 Å². The zero-order chi connectivity index (χ0) is 28.8. The minimum absolute atomic E-state index is 0.0377. The molecule has 0 aliphatic rings. The summed E-state index contributed by atoms with van der Waals surface area (Å²) in [4.78, 5) is 65.2. The van der Waals surface area contributed by atoms with Crippen molar-refractivity contribution >= 4 is 35.6 Å². The van der Waals surface area contributed by atoms with Gasteiger partial charge in [-0.25, -0.2) is 4.79 Å². The Bertz CT molecular complexity index is 997. The fraction of sp³-hybridized carbons (Fsp3) is 0.500. The molecule has 0 aromatic heterocycles. The van der Waals surface area contributed by atoms with Crippen molar-refractivity contribution in [2.45, 2.75) is 63.7 Å². The lowest BCUT2D eigenvalue weighted by atomic mass is 10.0. The molecule has 0 aliphatic carbocycles. The van der Waals surface area contributed by atoms with E-state index in [4.69, 9.17) is 22.3 Å². The summed E-state index contributed by atoms with van der Waals surface area (Å²) in [6.45, 7) is 3.41. The van der Waals surface area contributed by atoms with Gasteiger partial charge in [-0.15, -0.1) is 0 Å². The van der Waals surface area contributed by atoms with Crippen LogP contribution in [0.3, 0.4) is 0 Å².